The summed E-state index contributed by atoms with van der Waals surface area (Å²) in [6, 6.07) is 11.7. The van der Waals surface area contributed by atoms with Crippen LogP contribution >= 0.6 is 0 Å². The minimum absolute atomic E-state index is 0.120. The predicted octanol–water partition coefficient (Wildman–Crippen LogP) is 2.19. The van der Waals surface area contributed by atoms with E-state index in [0.717, 1.165) is 5.56 Å². The van der Waals surface area contributed by atoms with Crippen LogP contribution in [-0.2, 0) is 16.3 Å². The zero-order valence-corrected chi connectivity index (χ0v) is 20.0. The van der Waals surface area contributed by atoms with E-state index in [0.29, 0.717) is 43.7 Å². The molecule has 34 heavy (non-hydrogen) atoms. The number of benzene rings is 2. The molecule has 0 unspecified atom stereocenters. The summed E-state index contributed by atoms with van der Waals surface area (Å²) in [5.74, 6) is 0.776. The van der Waals surface area contributed by atoms with Gasteiger partial charge in [0, 0.05) is 19.6 Å². The average molecular weight is 493 g/mol. The zero-order chi connectivity index (χ0) is 24.7. The highest BCUT2D eigenvalue weighted by atomic mass is 32.2. The van der Waals surface area contributed by atoms with Gasteiger partial charge in [-0.25, -0.2) is 13.2 Å². The number of carboxylic acid groups (broad SMARTS) is 1. The van der Waals surface area contributed by atoms with Crippen LogP contribution in [0, 0.1) is 6.92 Å². The second-order valence-electron chi connectivity index (χ2n) is 8.53. The fraction of sp³-hybridized carbons (Fsp3) is 0.458. The van der Waals surface area contributed by atoms with Gasteiger partial charge in [-0.05, 0) is 74.2 Å². The van der Waals surface area contributed by atoms with Crippen molar-refractivity contribution in [2.24, 2.45) is 0 Å². The average Bonchev–Trinajstić information content (AvgIpc) is 2.83. The molecule has 0 saturated carbocycles. The molecule has 1 atom stereocenters. The molecule has 0 aromatic heterocycles. The Labute approximate surface area is 199 Å². The van der Waals surface area contributed by atoms with Crippen molar-refractivity contribution in [2.75, 3.05) is 32.8 Å². The van der Waals surface area contributed by atoms with Crippen LogP contribution < -0.4 is 10.1 Å². The van der Waals surface area contributed by atoms with Gasteiger partial charge < -0.3 is 30.3 Å². The van der Waals surface area contributed by atoms with E-state index >= 15 is 0 Å². The first-order valence-electron chi connectivity index (χ1n) is 11.3. The van der Waals surface area contributed by atoms with Crippen LogP contribution in [0.4, 0.5) is 4.79 Å². The molecule has 1 fully saturated rings. The summed E-state index contributed by atoms with van der Waals surface area (Å²) in [6.07, 6.45) is -0.435. The Morgan fingerprint density at radius 3 is 2.47 bits per heavy atom. The molecule has 2 aromatic carbocycles. The fourth-order valence-corrected chi connectivity index (χ4v) is 5.60. The van der Waals surface area contributed by atoms with E-state index in [4.69, 9.17) is 9.84 Å². The van der Waals surface area contributed by atoms with E-state index in [1.165, 1.54) is 4.90 Å². The largest absolute Gasteiger partial charge is 0.508 e. The maximum absolute atomic E-state index is 12.9. The highest BCUT2D eigenvalue weighted by molar-refractivity contribution is 7.92. The van der Waals surface area contributed by atoms with Crippen molar-refractivity contribution in [3.63, 3.8) is 0 Å². The van der Waals surface area contributed by atoms with Gasteiger partial charge in [-0.1, -0.05) is 12.1 Å². The SMILES string of the molecule is Cc1cc(OC[C@@H](O)CNCCc2ccc(S(=O)(=O)C3CCN(C(=O)O)CC3)cc2)ccc1O. The Kier molecular flexibility index (Phi) is 8.76. The first-order chi connectivity index (χ1) is 16.2. The lowest BCUT2D eigenvalue weighted by atomic mass is 10.1. The molecule has 4 N–H and O–H groups in total. The monoisotopic (exact) mass is 492 g/mol. The van der Waals surface area contributed by atoms with Crippen molar-refractivity contribution < 1.29 is 33.3 Å². The highest BCUT2D eigenvalue weighted by Crippen LogP contribution is 2.25. The van der Waals surface area contributed by atoms with Gasteiger partial charge >= 0.3 is 6.09 Å². The van der Waals surface area contributed by atoms with E-state index in [9.17, 15) is 23.4 Å². The molecule has 10 heteroatoms. The van der Waals surface area contributed by atoms with Gasteiger partial charge in [-0.15, -0.1) is 0 Å². The van der Waals surface area contributed by atoms with Gasteiger partial charge in [0.15, 0.2) is 9.84 Å². The van der Waals surface area contributed by atoms with Gasteiger partial charge in [0.2, 0.25) is 0 Å². The van der Waals surface area contributed by atoms with E-state index in [-0.39, 0.29) is 30.3 Å². The molecule has 0 aliphatic carbocycles. The van der Waals surface area contributed by atoms with Crippen molar-refractivity contribution in [2.45, 2.75) is 42.4 Å². The topological polar surface area (TPSA) is 136 Å². The second kappa shape index (κ2) is 11.5. The summed E-state index contributed by atoms with van der Waals surface area (Å²) in [7, 11) is -3.49. The molecule has 1 saturated heterocycles. The summed E-state index contributed by atoms with van der Waals surface area (Å²) in [5.41, 5.74) is 1.67. The van der Waals surface area contributed by atoms with Crippen molar-refractivity contribution in [3.8, 4) is 11.5 Å². The number of aryl methyl sites for hydroxylation is 1. The van der Waals surface area contributed by atoms with Crippen LogP contribution in [0.1, 0.15) is 24.0 Å². The number of aliphatic hydroxyl groups excluding tert-OH is 1. The minimum atomic E-state index is -3.49. The smallest absolute Gasteiger partial charge is 0.407 e. The lowest BCUT2D eigenvalue weighted by Crippen LogP contribution is -2.41. The van der Waals surface area contributed by atoms with E-state index in [1.807, 2.05) is 0 Å². The molecule has 0 bridgehead atoms. The van der Waals surface area contributed by atoms with Crippen LogP contribution in [0.25, 0.3) is 0 Å². The number of amides is 1. The first-order valence-corrected chi connectivity index (χ1v) is 12.8. The molecule has 0 radical (unpaired) electrons. The van der Waals surface area contributed by atoms with Gasteiger partial charge in [0.05, 0.1) is 10.1 Å². The van der Waals surface area contributed by atoms with Crippen LogP contribution in [0.2, 0.25) is 0 Å². The number of nitrogens with zero attached hydrogens (tertiary/aromatic N) is 1. The molecular formula is C24H32N2O7S. The van der Waals surface area contributed by atoms with E-state index in [1.54, 1.807) is 49.4 Å². The summed E-state index contributed by atoms with van der Waals surface area (Å²) in [6.45, 7) is 3.30. The van der Waals surface area contributed by atoms with Gasteiger partial charge in [0.25, 0.3) is 0 Å². The van der Waals surface area contributed by atoms with Crippen molar-refractivity contribution in [1.29, 1.82) is 0 Å². The number of nitrogens with one attached hydrogen (secondary N) is 1. The number of likely N-dealkylation sites (tertiary alicyclic amines) is 1. The first kappa shape index (κ1) is 25.8. The summed E-state index contributed by atoms with van der Waals surface area (Å²) in [4.78, 5) is 12.5. The van der Waals surface area contributed by atoms with Crippen molar-refractivity contribution >= 4 is 15.9 Å². The maximum Gasteiger partial charge on any atom is 0.407 e. The molecular weight excluding hydrogens is 460 g/mol. The third-order valence-electron chi connectivity index (χ3n) is 5.98. The number of carbonyl (C=O) groups is 1. The quantitative estimate of drug-likeness (QED) is 0.371. The predicted molar refractivity (Wildman–Crippen MR) is 127 cm³/mol. The summed E-state index contributed by atoms with van der Waals surface area (Å²) < 4.78 is 31.3. The lowest BCUT2D eigenvalue weighted by molar-refractivity contribution is 0.106. The van der Waals surface area contributed by atoms with Crippen molar-refractivity contribution in [3.05, 3.63) is 53.6 Å². The number of hydrogen-bond acceptors (Lipinski definition) is 7. The maximum atomic E-state index is 12.9. The van der Waals surface area contributed by atoms with Crippen LogP contribution in [-0.4, -0.2) is 78.9 Å². The normalized spacial score (nSPS) is 15.8. The minimum Gasteiger partial charge on any atom is -0.508 e. The number of sulfone groups is 1. The number of phenolic OH excluding ortho intramolecular Hbond substituents is 1. The van der Waals surface area contributed by atoms with Gasteiger partial charge in [-0.2, -0.15) is 0 Å². The Bertz CT molecular complexity index is 1070. The van der Waals surface area contributed by atoms with Gasteiger partial charge in [0.1, 0.15) is 24.2 Å². The third kappa shape index (κ3) is 6.85. The molecule has 1 aliphatic rings. The Morgan fingerprint density at radius 1 is 1.18 bits per heavy atom. The summed E-state index contributed by atoms with van der Waals surface area (Å²) >= 11 is 0. The number of phenols is 1. The molecule has 3 rings (SSSR count). The second-order valence-corrected chi connectivity index (χ2v) is 10.8. The number of piperidine rings is 1. The molecule has 1 heterocycles. The van der Waals surface area contributed by atoms with Crippen LogP contribution in [0.3, 0.4) is 0 Å². The Morgan fingerprint density at radius 2 is 1.85 bits per heavy atom. The molecule has 1 aliphatic heterocycles. The van der Waals surface area contributed by atoms with E-state index < -0.39 is 27.3 Å². The Balaban J connectivity index is 1.40. The standard InChI is InChI=1S/C24H32N2O7S/c1-17-14-20(4-7-23(17)28)33-16-19(27)15-25-11-8-18-2-5-21(6-3-18)34(31,32)22-9-12-26(13-10-22)24(29)30/h2-7,14,19,22,25,27-28H,8-13,15-16H2,1H3,(H,29,30)/t19-/m0/s1. The fourth-order valence-electron chi connectivity index (χ4n) is 3.87. The number of ether oxygens (including phenoxy) is 1. The van der Waals surface area contributed by atoms with Crippen LogP contribution in [0.15, 0.2) is 47.4 Å². The summed E-state index contributed by atoms with van der Waals surface area (Å²) in [5, 5.41) is 31.2. The van der Waals surface area contributed by atoms with Gasteiger partial charge in [-0.3, -0.25) is 0 Å². The van der Waals surface area contributed by atoms with Crippen molar-refractivity contribution in [1.82, 2.24) is 10.2 Å². The molecule has 2 aromatic rings. The molecule has 9 nitrogen and oxygen atoms in total. The third-order valence-corrected chi connectivity index (χ3v) is 8.26. The number of aromatic hydroxyl groups is 1. The van der Waals surface area contributed by atoms with Crippen LogP contribution in [0.5, 0.6) is 11.5 Å². The lowest BCUT2D eigenvalue weighted by Gasteiger charge is -2.29. The molecule has 0 spiro atoms. The number of hydrogen-bond donors (Lipinski definition) is 4. The molecule has 1 amide bonds. The highest BCUT2D eigenvalue weighted by Gasteiger charge is 2.32. The Hall–Kier alpha value is -2.82. The number of rotatable bonds is 10. The van der Waals surface area contributed by atoms with E-state index in [2.05, 4.69) is 5.32 Å². The zero-order valence-electron chi connectivity index (χ0n) is 19.2. The molecule has 186 valence electrons. The number of aliphatic hydroxyl groups is 1.